The van der Waals surface area contributed by atoms with Crippen molar-refractivity contribution < 1.29 is 9.13 Å². The van der Waals surface area contributed by atoms with Crippen molar-refractivity contribution in [1.82, 2.24) is 0 Å². The van der Waals surface area contributed by atoms with E-state index < -0.39 is 0 Å². The first-order valence-corrected chi connectivity index (χ1v) is 7.32. The Balaban J connectivity index is 2.07. The maximum Gasteiger partial charge on any atom is 0.165 e. The first kappa shape index (κ1) is 12.2. The van der Waals surface area contributed by atoms with E-state index in [0.29, 0.717) is 16.5 Å². The molecule has 0 saturated carbocycles. The van der Waals surface area contributed by atoms with Gasteiger partial charge in [0.2, 0.25) is 0 Å². The lowest BCUT2D eigenvalue weighted by molar-refractivity contribution is 0.386. The standard InChI is InChI=1S/C12H14BrFOS/c1-15-12-3-2-8(5-11(12)14)4-9-6-16-7-10(9)13/h2-3,5,9-10H,4,6-7H2,1H3. The van der Waals surface area contributed by atoms with E-state index in [2.05, 4.69) is 15.9 Å². The van der Waals surface area contributed by atoms with Gasteiger partial charge in [-0.3, -0.25) is 0 Å². The van der Waals surface area contributed by atoms with Crippen molar-refractivity contribution in [3.63, 3.8) is 0 Å². The summed E-state index contributed by atoms with van der Waals surface area (Å²) in [5.74, 6) is 2.97. The average Bonchev–Trinajstić information content (AvgIpc) is 2.65. The maximum absolute atomic E-state index is 13.5. The number of hydrogen-bond acceptors (Lipinski definition) is 2. The van der Waals surface area contributed by atoms with E-state index in [0.717, 1.165) is 23.5 Å². The van der Waals surface area contributed by atoms with Gasteiger partial charge in [0.25, 0.3) is 0 Å². The topological polar surface area (TPSA) is 9.23 Å². The molecule has 88 valence electrons. The molecule has 2 unspecified atom stereocenters. The van der Waals surface area contributed by atoms with Crippen molar-refractivity contribution in [2.24, 2.45) is 5.92 Å². The minimum Gasteiger partial charge on any atom is -0.494 e. The molecule has 1 saturated heterocycles. The molecule has 0 amide bonds. The SMILES string of the molecule is COc1ccc(CC2CSCC2Br)cc1F. The van der Waals surface area contributed by atoms with Crippen molar-refractivity contribution >= 4 is 27.7 Å². The number of thioether (sulfide) groups is 1. The van der Waals surface area contributed by atoms with Crippen molar-refractivity contribution in [3.05, 3.63) is 29.6 Å². The molecule has 1 fully saturated rings. The first-order chi connectivity index (χ1) is 7.70. The van der Waals surface area contributed by atoms with Gasteiger partial charge in [-0.25, -0.2) is 4.39 Å². The number of alkyl halides is 1. The average molecular weight is 305 g/mol. The molecule has 2 atom stereocenters. The van der Waals surface area contributed by atoms with Crippen LogP contribution in [0.15, 0.2) is 18.2 Å². The van der Waals surface area contributed by atoms with Gasteiger partial charge in [0, 0.05) is 10.6 Å². The molecule has 0 radical (unpaired) electrons. The molecule has 0 N–H and O–H groups in total. The Hall–Kier alpha value is -0.220. The molecular formula is C12H14BrFOS. The summed E-state index contributed by atoms with van der Waals surface area (Å²) in [4.78, 5) is 0.558. The van der Waals surface area contributed by atoms with Crippen molar-refractivity contribution in [2.45, 2.75) is 11.2 Å². The van der Waals surface area contributed by atoms with Gasteiger partial charge >= 0.3 is 0 Å². The van der Waals surface area contributed by atoms with Crippen molar-refractivity contribution in [1.29, 1.82) is 0 Å². The van der Waals surface area contributed by atoms with Crippen LogP contribution in [0.4, 0.5) is 4.39 Å². The summed E-state index contributed by atoms with van der Waals surface area (Å²) >= 11 is 5.63. The van der Waals surface area contributed by atoms with Gasteiger partial charge < -0.3 is 4.74 Å². The molecule has 1 nitrogen and oxygen atoms in total. The number of methoxy groups -OCH3 is 1. The monoisotopic (exact) mass is 304 g/mol. The Kier molecular flexibility index (Phi) is 4.14. The lowest BCUT2D eigenvalue weighted by atomic mass is 9.99. The number of halogens is 2. The fourth-order valence-electron chi connectivity index (χ4n) is 1.90. The highest BCUT2D eigenvalue weighted by atomic mass is 79.9. The fraction of sp³-hybridized carbons (Fsp3) is 0.500. The molecule has 4 heteroatoms. The van der Waals surface area contributed by atoms with Gasteiger partial charge in [-0.05, 0) is 35.8 Å². The molecule has 1 aliphatic rings. The van der Waals surface area contributed by atoms with Crippen LogP contribution in [-0.4, -0.2) is 23.4 Å². The number of ether oxygens (including phenoxy) is 1. The smallest absolute Gasteiger partial charge is 0.165 e. The summed E-state index contributed by atoms with van der Waals surface area (Å²) in [5, 5.41) is 0. The molecule has 1 aromatic carbocycles. The predicted molar refractivity (Wildman–Crippen MR) is 70.2 cm³/mol. The lowest BCUT2D eigenvalue weighted by Crippen LogP contribution is -2.14. The zero-order valence-corrected chi connectivity index (χ0v) is 11.5. The summed E-state index contributed by atoms with van der Waals surface area (Å²) in [6, 6.07) is 5.24. The molecule has 0 aliphatic carbocycles. The van der Waals surface area contributed by atoms with E-state index in [9.17, 15) is 4.39 Å². The van der Waals surface area contributed by atoms with Crippen LogP contribution in [0.3, 0.4) is 0 Å². The first-order valence-electron chi connectivity index (χ1n) is 5.25. The molecule has 1 aliphatic heterocycles. The molecule has 0 spiro atoms. The van der Waals surface area contributed by atoms with Crippen LogP contribution in [0.2, 0.25) is 0 Å². The molecule has 16 heavy (non-hydrogen) atoms. The van der Waals surface area contributed by atoms with E-state index >= 15 is 0 Å². The van der Waals surface area contributed by atoms with E-state index in [4.69, 9.17) is 4.74 Å². The Morgan fingerprint density at radius 3 is 2.88 bits per heavy atom. The van der Waals surface area contributed by atoms with Crippen LogP contribution in [-0.2, 0) is 6.42 Å². The second-order valence-electron chi connectivity index (χ2n) is 3.99. The lowest BCUT2D eigenvalue weighted by Gasteiger charge is -2.13. The molecule has 2 rings (SSSR count). The van der Waals surface area contributed by atoms with Crippen molar-refractivity contribution in [2.75, 3.05) is 18.6 Å². The highest BCUT2D eigenvalue weighted by Crippen LogP contribution is 2.32. The van der Waals surface area contributed by atoms with Gasteiger partial charge in [0.1, 0.15) is 0 Å². The van der Waals surface area contributed by atoms with E-state index in [1.54, 1.807) is 12.1 Å². The van der Waals surface area contributed by atoms with Crippen LogP contribution >= 0.6 is 27.7 Å². The molecule has 0 bridgehead atoms. The van der Waals surface area contributed by atoms with Gasteiger partial charge in [-0.2, -0.15) is 11.8 Å². The van der Waals surface area contributed by atoms with Gasteiger partial charge in [-0.15, -0.1) is 0 Å². The quantitative estimate of drug-likeness (QED) is 0.791. The van der Waals surface area contributed by atoms with Crippen LogP contribution in [0.5, 0.6) is 5.75 Å². The Morgan fingerprint density at radius 2 is 2.31 bits per heavy atom. The molecule has 0 aromatic heterocycles. The van der Waals surface area contributed by atoms with Gasteiger partial charge in [0.15, 0.2) is 11.6 Å². The second-order valence-corrected chi connectivity index (χ2v) is 6.24. The van der Waals surface area contributed by atoms with E-state index in [1.807, 2.05) is 17.8 Å². The number of benzene rings is 1. The summed E-state index contributed by atoms with van der Waals surface area (Å²) < 4.78 is 18.4. The van der Waals surface area contributed by atoms with E-state index in [1.165, 1.54) is 7.11 Å². The highest BCUT2D eigenvalue weighted by Gasteiger charge is 2.25. The van der Waals surface area contributed by atoms with Crippen LogP contribution in [0.25, 0.3) is 0 Å². The minimum atomic E-state index is -0.267. The molecule has 1 heterocycles. The summed E-state index contributed by atoms with van der Waals surface area (Å²) in [6.45, 7) is 0. The van der Waals surface area contributed by atoms with Crippen LogP contribution in [0.1, 0.15) is 5.56 Å². The van der Waals surface area contributed by atoms with Crippen molar-refractivity contribution in [3.8, 4) is 5.75 Å². The molecule has 1 aromatic rings. The van der Waals surface area contributed by atoms with Crippen LogP contribution < -0.4 is 4.74 Å². The Labute approximate surface area is 108 Å². The largest absolute Gasteiger partial charge is 0.494 e. The zero-order valence-electron chi connectivity index (χ0n) is 9.08. The fourth-order valence-corrected chi connectivity index (χ4v) is 4.37. The van der Waals surface area contributed by atoms with Gasteiger partial charge in [0.05, 0.1) is 7.11 Å². The third-order valence-corrected chi connectivity index (χ3v) is 5.59. The maximum atomic E-state index is 13.5. The summed E-state index contributed by atoms with van der Waals surface area (Å²) in [7, 11) is 1.49. The zero-order chi connectivity index (χ0) is 11.5. The third kappa shape index (κ3) is 2.72. The second kappa shape index (κ2) is 5.41. The summed E-state index contributed by atoms with van der Waals surface area (Å²) in [5.41, 5.74) is 1.05. The van der Waals surface area contributed by atoms with Crippen LogP contribution in [0, 0.1) is 11.7 Å². The molecular weight excluding hydrogens is 291 g/mol. The number of rotatable bonds is 3. The van der Waals surface area contributed by atoms with E-state index in [-0.39, 0.29) is 5.82 Å². The minimum absolute atomic E-state index is 0.267. The Morgan fingerprint density at radius 1 is 1.50 bits per heavy atom. The highest BCUT2D eigenvalue weighted by molar-refractivity contribution is 9.09. The number of hydrogen-bond donors (Lipinski definition) is 0. The Bertz CT molecular complexity index is 372. The summed E-state index contributed by atoms with van der Waals surface area (Å²) in [6.07, 6.45) is 0.934. The van der Waals surface area contributed by atoms with Gasteiger partial charge in [-0.1, -0.05) is 22.0 Å². The normalized spacial score (nSPS) is 24.7. The third-order valence-electron chi connectivity index (χ3n) is 2.83. The predicted octanol–water partition coefficient (Wildman–Crippen LogP) is 3.50.